The molecule has 0 spiro atoms. The van der Waals surface area contributed by atoms with Crippen LogP contribution in [-0.4, -0.2) is 21.1 Å². The molecule has 136 valence electrons. The van der Waals surface area contributed by atoms with Gasteiger partial charge in [-0.05, 0) is 45.1 Å². The first kappa shape index (κ1) is 18.7. The van der Waals surface area contributed by atoms with E-state index in [0.717, 1.165) is 36.9 Å². The van der Waals surface area contributed by atoms with Crippen LogP contribution in [-0.2, 0) is 17.6 Å². The normalized spacial score (nSPS) is 14.8. The fraction of sp³-hybridized carbons (Fsp3) is 0.444. The minimum Gasteiger partial charge on any atom is -0.384 e. The number of fused-ring (bicyclic) bond motifs is 1. The lowest BCUT2D eigenvalue weighted by molar-refractivity contribution is -0.115. The number of aryl methyl sites for hydroxylation is 2. The van der Waals surface area contributed by atoms with Gasteiger partial charge >= 0.3 is 0 Å². The number of hydrogen-bond acceptors (Lipinski definition) is 7. The summed E-state index contributed by atoms with van der Waals surface area (Å²) in [5.41, 5.74) is 8.27. The second-order valence-electron chi connectivity index (χ2n) is 6.35. The first-order chi connectivity index (χ1) is 12.5. The van der Waals surface area contributed by atoms with Crippen LogP contribution in [0.2, 0.25) is 0 Å². The predicted molar refractivity (Wildman–Crippen MR) is 105 cm³/mol. The molecule has 26 heavy (non-hydrogen) atoms. The van der Waals surface area contributed by atoms with E-state index in [2.05, 4.69) is 21.4 Å². The van der Waals surface area contributed by atoms with Crippen LogP contribution in [0.5, 0.6) is 0 Å². The maximum Gasteiger partial charge on any atom is 0.238 e. The number of anilines is 2. The molecule has 0 bridgehead atoms. The Kier molecular flexibility index (Phi) is 5.79. The highest BCUT2D eigenvalue weighted by Crippen LogP contribution is 2.37. The summed E-state index contributed by atoms with van der Waals surface area (Å²) in [5.74, 6) is 0.230. The fourth-order valence-corrected chi connectivity index (χ4v) is 5.07. The van der Waals surface area contributed by atoms with Crippen LogP contribution < -0.4 is 11.1 Å². The summed E-state index contributed by atoms with van der Waals surface area (Å²) in [7, 11) is 0. The standard InChI is InChI=1S/C18H21N5OS2/c1-10-8-15(20)22-18(21-10)25-11(2)16(24)23-17-13(9-19)12-6-4-3-5-7-14(12)26-17/h8,11H,3-7H2,1-2H3,(H,23,24)(H2,20,21,22)/t11-/m0/s1. The minimum absolute atomic E-state index is 0.161. The second kappa shape index (κ2) is 8.06. The molecule has 2 aromatic heterocycles. The number of nitrogen functional groups attached to an aromatic ring is 1. The number of nitrogens with one attached hydrogen (secondary N) is 1. The SMILES string of the molecule is Cc1cc(N)nc(S[C@@H](C)C(=O)Nc2sc3c(c2C#N)CCCCC3)n1. The van der Waals surface area contributed by atoms with E-state index in [1.165, 1.54) is 23.1 Å². The number of carbonyl (C=O) groups excluding carboxylic acids is 1. The Morgan fingerprint density at radius 1 is 1.38 bits per heavy atom. The largest absolute Gasteiger partial charge is 0.384 e. The first-order valence-corrected chi connectivity index (χ1v) is 10.3. The number of carbonyl (C=O) groups is 1. The highest BCUT2D eigenvalue weighted by atomic mass is 32.2. The zero-order valence-electron chi connectivity index (χ0n) is 14.8. The summed E-state index contributed by atoms with van der Waals surface area (Å²) in [6.07, 6.45) is 5.35. The zero-order valence-corrected chi connectivity index (χ0v) is 16.5. The van der Waals surface area contributed by atoms with E-state index in [0.29, 0.717) is 21.5 Å². The summed E-state index contributed by atoms with van der Waals surface area (Å²) in [4.78, 5) is 22.3. The smallest absolute Gasteiger partial charge is 0.238 e. The highest BCUT2D eigenvalue weighted by molar-refractivity contribution is 8.00. The molecule has 1 aliphatic rings. The van der Waals surface area contributed by atoms with Crippen molar-refractivity contribution in [2.75, 3.05) is 11.1 Å². The van der Waals surface area contributed by atoms with Gasteiger partial charge in [-0.15, -0.1) is 11.3 Å². The fourth-order valence-electron chi connectivity index (χ4n) is 2.99. The quantitative estimate of drug-likeness (QED) is 0.471. The summed E-state index contributed by atoms with van der Waals surface area (Å²) in [5, 5.41) is 13.3. The van der Waals surface area contributed by atoms with Gasteiger partial charge in [0.05, 0.1) is 10.8 Å². The molecule has 0 aliphatic heterocycles. The highest BCUT2D eigenvalue weighted by Gasteiger charge is 2.23. The molecule has 0 saturated carbocycles. The van der Waals surface area contributed by atoms with E-state index in [-0.39, 0.29) is 5.91 Å². The van der Waals surface area contributed by atoms with E-state index in [1.54, 1.807) is 24.3 Å². The average molecular weight is 388 g/mol. The molecule has 0 aromatic carbocycles. The van der Waals surface area contributed by atoms with Crippen molar-refractivity contribution in [2.24, 2.45) is 0 Å². The van der Waals surface area contributed by atoms with Crippen molar-refractivity contribution < 1.29 is 4.79 Å². The van der Waals surface area contributed by atoms with Gasteiger partial charge in [-0.2, -0.15) is 5.26 Å². The van der Waals surface area contributed by atoms with Gasteiger partial charge in [-0.3, -0.25) is 4.79 Å². The number of rotatable bonds is 4. The van der Waals surface area contributed by atoms with Crippen molar-refractivity contribution >= 4 is 39.8 Å². The topological polar surface area (TPSA) is 105 Å². The molecule has 3 rings (SSSR count). The monoisotopic (exact) mass is 387 g/mol. The van der Waals surface area contributed by atoms with E-state index in [4.69, 9.17) is 5.73 Å². The lowest BCUT2D eigenvalue weighted by Gasteiger charge is -2.11. The molecule has 0 radical (unpaired) electrons. The summed E-state index contributed by atoms with van der Waals surface area (Å²) < 4.78 is 0. The molecule has 2 aromatic rings. The van der Waals surface area contributed by atoms with Gasteiger partial charge in [0, 0.05) is 16.6 Å². The molecule has 8 heteroatoms. The molecule has 1 amide bonds. The van der Waals surface area contributed by atoms with Crippen LogP contribution >= 0.6 is 23.1 Å². The van der Waals surface area contributed by atoms with E-state index < -0.39 is 5.25 Å². The first-order valence-electron chi connectivity index (χ1n) is 8.61. The summed E-state index contributed by atoms with van der Waals surface area (Å²) >= 11 is 2.80. The maximum atomic E-state index is 12.6. The Balaban J connectivity index is 1.74. The van der Waals surface area contributed by atoms with E-state index in [9.17, 15) is 10.1 Å². The van der Waals surface area contributed by atoms with E-state index in [1.807, 2.05) is 6.92 Å². The van der Waals surface area contributed by atoms with Crippen LogP contribution in [0.4, 0.5) is 10.8 Å². The number of thioether (sulfide) groups is 1. The Morgan fingerprint density at radius 2 is 2.15 bits per heavy atom. The van der Waals surface area contributed by atoms with Crippen LogP contribution in [0.1, 0.15) is 47.9 Å². The molecular weight excluding hydrogens is 366 g/mol. The number of nitrogens with two attached hydrogens (primary N) is 1. The molecular formula is C18H21N5OS2. The lowest BCUT2D eigenvalue weighted by Crippen LogP contribution is -2.22. The lowest BCUT2D eigenvalue weighted by atomic mass is 10.1. The zero-order chi connectivity index (χ0) is 18.7. The number of nitrogens with zero attached hydrogens (tertiary/aromatic N) is 3. The molecule has 0 unspecified atom stereocenters. The third-order valence-corrected chi connectivity index (χ3v) is 6.44. The van der Waals surface area contributed by atoms with Crippen LogP contribution in [0.25, 0.3) is 0 Å². The predicted octanol–water partition coefficient (Wildman–Crippen LogP) is 3.69. The Bertz CT molecular complexity index is 851. The van der Waals surface area contributed by atoms with Crippen molar-refractivity contribution in [1.82, 2.24) is 9.97 Å². The number of aromatic nitrogens is 2. The van der Waals surface area contributed by atoms with Crippen LogP contribution in [0.3, 0.4) is 0 Å². The summed E-state index contributed by atoms with van der Waals surface area (Å²) in [6, 6.07) is 3.98. The number of thiophene rings is 1. The van der Waals surface area contributed by atoms with Gasteiger partial charge in [-0.1, -0.05) is 18.2 Å². The molecule has 3 N–H and O–H groups in total. The number of hydrogen-bond donors (Lipinski definition) is 2. The molecule has 0 saturated heterocycles. The number of amides is 1. The van der Waals surface area contributed by atoms with Gasteiger partial charge in [0.15, 0.2) is 5.16 Å². The van der Waals surface area contributed by atoms with E-state index >= 15 is 0 Å². The van der Waals surface area contributed by atoms with Gasteiger partial charge in [0.25, 0.3) is 0 Å². The third kappa shape index (κ3) is 4.17. The van der Waals surface area contributed by atoms with Crippen molar-refractivity contribution in [3.63, 3.8) is 0 Å². The Hall–Kier alpha value is -2.11. The second-order valence-corrected chi connectivity index (χ2v) is 8.76. The molecule has 1 atom stereocenters. The Morgan fingerprint density at radius 3 is 2.88 bits per heavy atom. The molecule has 1 aliphatic carbocycles. The molecule has 2 heterocycles. The average Bonchev–Trinajstić information content (AvgIpc) is 2.74. The van der Waals surface area contributed by atoms with Gasteiger partial charge < -0.3 is 11.1 Å². The van der Waals surface area contributed by atoms with Crippen molar-refractivity contribution in [3.8, 4) is 6.07 Å². The van der Waals surface area contributed by atoms with Gasteiger partial charge in [0.2, 0.25) is 5.91 Å². The molecule has 0 fully saturated rings. The van der Waals surface area contributed by atoms with Crippen molar-refractivity contribution in [3.05, 3.63) is 27.8 Å². The van der Waals surface area contributed by atoms with Crippen molar-refractivity contribution in [2.45, 2.75) is 56.4 Å². The van der Waals surface area contributed by atoms with Gasteiger partial charge in [0.1, 0.15) is 16.9 Å². The van der Waals surface area contributed by atoms with Crippen LogP contribution in [0.15, 0.2) is 11.2 Å². The van der Waals surface area contributed by atoms with Crippen LogP contribution in [0, 0.1) is 18.3 Å². The maximum absolute atomic E-state index is 12.6. The van der Waals surface area contributed by atoms with Gasteiger partial charge in [-0.25, -0.2) is 9.97 Å². The van der Waals surface area contributed by atoms with Crippen molar-refractivity contribution in [1.29, 1.82) is 5.26 Å². The third-order valence-electron chi connectivity index (χ3n) is 4.27. The summed E-state index contributed by atoms with van der Waals surface area (Å²) in [6.45, 7) is 3.64. The molecule has 6 nitrogen and oxygen atoms in total. The number of nitriles is 1. The Labute approximate surface area is 161 Å². The minimum atomic E-state index is -0.398.